The van der Waals surface area contributed by atoms with Crippen LogP contribution < -0.4 is 5.32 Å². The summed E-state index contributed by atoms with van der Waals surface area (Å²) in [6, 6.07) is 3.59. The summed E-state index contributed by atoms with van der Waals surface area (Å²) < 4.78 is 2.46. The predicted molar refractivity (Wildman–Crippen MR) is 104 cm³/mol. The Morgan fingerprint density at radius 2 is 1.72 bits per heavy atom. The van der Waals surface area contributed by atoms with Gasteiger partial charge in [-0.2, -0.15) is 0 Å². The van der Waals surface area contributed by atoms with Crippen molar-refractivity contribution in [3.63, 3.8) is 0 Å². The minimum atomic E-state index is 0. The number of aromatic nitrogens is 1. The largest absolute Gasteiger partial charge is 0.345 e. The lowest BCUT2D eigenvalue weighted by Gasteiger charge is -2.29. The van der Waals surface area contributed by atoms with Crippen molar-refractivity contribution in [2.24, 2.45) is 0 Å². The molecule has 1 N–H and O–H groups in total. The number of amides is 1. The number of nitrogens with one attached hydrogen (secondary N) is 1. The molecule has 25 heavy (non-hydrogen) atoms. The molecule has 3 fully saturated rings. The number of carbonyl (C=O) groups is 1. The molecule has 2 aliphatic heterocycles. The molecule has 3 heterocycles. The van der Waals surface area contributed by atoms with Gasteiger partial charge in [0.05, 0.1) is 5.56 Å². The fourth-order valence-corrected chi connectivity index (χ4v) is 5.35. The van der Waals surface area contributed by atoms with Crippen molar-refractivity contribution < 1.29 is 4.79 Å². The van der Waals surface area contributed by atoms with Crippen molar-refractivity contribution in [3.05, 3.63) is 23.0 Å². The van der Waals surface area contributed by atoms with Crippen molar-refractivity contribution in [1.82, 2.24) is 14.8 Å². The highest BCUT2D eigenvalue weighted by atomic mass is 35.5. The van der Waals surface area contributed by atoms with Gasteiger partial charge in [0, 0.05) is 36.1 Å². The van der Waals surface area contributed by atoms with E-state index in [2.05, 4.69) is 34.7 Å². The first kappa shape index (κ1) is 18.8. The van der Waals surface area contributed by atoms with E-state index in [9.17, 15) is 4.79 Å². The normalized spacial score (nSPS) is 27.0. The van der Waals surface area contributed by atoms with Crippen LogP contribution in [0.3, 0.4) is 0 Å². The van der Waals surface area contributed by atoms with E-state index in [1.54, 1.807) is 0 Å². The third-order valence-corrected chi connectivity index (χ3v) is 6.54. The Morgan fingerprint density at radius 1 is 1.00 bits per heavy atom. The van der Waals surface area contributed by atoms with E-state index in [0.29, 0.717) is 18.1 Å². The lowest BCUT2D eigenvalue weighted by atomic mass is 9.95. The number of hydrogen-bond donors (Lipinski definition) is 1. The fraction of sp³-hybridized carbons (Fsp3) is 0.750. The van der Waals surface area contributed by atoms with Crippen molar-refractivity contribution in [3.8, 4) is 0 Å². The zero-order chi connectivity index (χ0) is 16.7. The van der Waals surface area contributed by atoms with Gasteiger partial charge < -0.3 is 14.8 Å². The van der Waals surface area contributed by atoms with Gasteiger partial charge >= 0.3 is 0 Å². The van der Waals surface area contributed by atoms with Crippen LogP contribution in [0.1, 0.15) is 79.2 Å². The van der Waals surface area contributed by atoms with Crippen molar-refractivity contribution in [1.29, 1.82) is 0 Å². The molecule has 3 aliphatic rings. The second-order valence-electron chi connectivity index (χ2n) is 8.04. The van der Waals surface area contributed by atoms with Gasteiger partial charge in [0.2, 0.25) is 0 Å². The molecule has 0 spiro atoms. The van der Waals surface area contributed by atoms with Gasteiger partial charge in [-0.3, -0.25) is 4.79 Å². The first-order valence-electron chi connectivity index (χ1n) is 9.88. The van der Waals surface area contributed by atoms with E-state index in [-0.39, 0.29) is 18.3 Å². The SMILES string of the molecule is Cc1cc(C(=O)N2C3CCNCC2CC3)c(C)n1C1CCCCC1.Cl. The van der Waals surface area contributed by atoms with Crippen molar-refractivity contribution >= 4 is 18.3 Å². The molecule has 5 heteroatoms. The summed E-state index contributed by atoms with van der Waals surface area (Å²) in [5.41, 5.74) is 3.42. The molecule has 140 valence electrons. The summed E-state index contributed by atoms with van der Waals surface area (Å²) in [6.07, 6.45) is 9.99. The number of rotatable bonds is 2. The zero-order valence-electron chi connectivity index (χ0n) is 15.6. The fourth-order valence-electron chi connectivity index (χ4n) is 5.35. The predicted octanol–water partition coefficient (Wildman–Crippen LogP) is 4.00. The van der Waals surface area contributed by atoms with Gasteiger partial charge in [0.25, 0.3) is 5.91 Å². The number of hydrogen-bond acceptors (Lipinski definition) is 2. The van der Waals surface area contributed by atoms with E-state index < -0.39 is 0 Å². The molecule has 2 bridgehead atoms. The quantitative estimate of drug-likeness (QED) is 0.860. The zero-order valence-corrected chi connectivity index (χ0v) is 16.4. The van der Waals surface area contributed by atoms with Crippen LogP contribution >= 0.6 is 12.4 Å². The summed E-state index contributed by atoms with van der Waals surface area (Å²) in [5.74, 6) is 0.279. The lowest BCUT2D eigenvalue weighted by molar-refractivity contribution is 0.0679. The highest BCUT2D eigenvalue weighted by Gasteiger charge is 2.39. The molecule has 2 saturated heterocycles. The molecule has 1 aromatic heterocycles. The Hall–Kier alpha value is -1.000. The molecule has 1 aliphatic carbocycles. The molecule has 0 radical (unpaired) electrons. The Morgan fingerprint density at radius 3 is 2.48 bits per heavy atom. The van der Waals surface area contributed by atoms with Gasteiger partial charge in [0.15, 0.2) is 0 Å². The first-order chi connectivity index (χ1) is 11.7. The van der Waals surface area contributed by atoms with Crippen molar-refractivity contribution in [2.45, 2.75) is 83.3 Å². The number of nitrogens with zero attached hydrogens (tertiary/aromatic N) is 2. The van der Waals surface area contributed by atoms with E-state index in [1.165, 1.54) is 49.9 Å². The van der Waals surface area contributed by atoms with Crippen LogP contribution in [-0.4, -0.2) is 40.5 Å². The molecule has 1 saturated carbocycles. The number of halogens is 1. The molecule has 1 aromatic rings. The van der Waals surface area contributed by atoms with Crippen LogP contribution in [-0.2, 0) is 0 Å². The highest BCUT2D eigenvalue weighted by molar-refractivity contribution is 5.96. The van der Waals surface area contributed by atoms with E-state index in [0.717, 1.165) is 31.5 Å². The standard InChI is InChI=1S/C20H31N3O.ClH/c1-14-12-19(15(2)22(14)16-6-4-3-5-7-16)20(24)23-17-8-9-18(23)13-21-11-10-17;/h12,16-18,21H,3-11,13H2,1-2H3;1H. The molecular weight excluding hydrogens is 334 g/mol. The number of fused-ring (bicyclic) bond motifs is 2. The monoisotopic (exact) mass is 365 g/mol. The summed E-state index contributed by atoms with van der Waals surface area (Å²) in [7, 11) is 0. The first-order valence-corrected chi connectivity index (χ1v) is 9.88. The van der Waals surface area contributed by atoms with E-state index >= 15 is 0 Å². The number of carbonyl (C=O) groups excluding carboxylic acids is 1. The average Bonchev–Trinajstić information content (AvgIpc) is 3.02. The van der Waals surface area contributed by atoms with Gasteiger partial charge in [0.1, 0.15) is 0 Å². The molecule has 2 unspecified atom stereocenters. The maximum absolute atomic E-state index is 13.4. The third-order valence-electron chi connectivity index (χ3n) is 6.54. The van der Waals surface area contributed by atoms with E-state index in [1.807, 2.05) is 0 Å². The third kappa shape index (κ3) is 3.35. The Labute approximate surface area is 157 Å². The molecule has 0 aromatic carbocycles. The second-order valence-corrected chi connectivity index (χ2v) is 8.04. The molecule has 2 atom stereocenters. The second kappa shape index (κ2) is 7.71. The van der Waals surface area contributed by atoms with Crippen LogP contribution in [0.5, 0.6) is 0 Å². The van der Waals surface area contributed by atoms with Crippen LogP contribution in [0.2, 0.25) is 0 Å². The summed E-state index contributed by atoms with van der Waals surface area (Å²) >= 11 is 0. The van der Waals surface area contributed by atoms with Crippen LogP contribution in [0, 0.1) is 13.8 Å². The lowest BCUT2D eigenvalue weighted by Crippen LogP contribution is -2.42. The summed E-state index contributed by atoms with van der Waals surface area (Å²) in [4.78, 5) is 15.6. The van der Waals surface area contributed by atoms with Crippen LogP contribution in [0.15, 0.2) is 6.07 Å². The van der Waals surface area contributed by atoms with Gasteiger partial charge in [-0.15, -0.1) is 12.4 Å². The smallest absolute Gasteiger partial charge is 0.256 e. The van der Waals surface area contributed by atoms with Gasteiger partial charge in [-0.25, -0.2) is 0 Å². The highest BCUT2D eigenvalue weighted by Crippen LogP contribution is 2.34. The minimum absolute atomic E-state index is 0. The van der Waals surface area contributed by atoms with E-state index in [4.69, 9.17) is 0 Å². The summed E-state index contributed by atoms with van der Waals surface area (Å²) in [5, 5.41) is 3.50. The van der Waals surface area contributed by atoms with Crippen molar-refractivity contribution in [2.75, 3.05) is 13.1 Å². The maximum atomic E-state index is 13.4. The topological polar surface area (TPSA) is 37.3 Å². The Balaban J connectivity index is 0.00000182. The number of aryl methyl sites for hydroxylation is 1. The maximum Gasteiger partial charge on any atom is 0.256 e. The minimum Gasteiger partial charge on any atom is -0.345 e. The Kier molecular flexibility index (Phi) is 5.79. The molecule has 1 amide bonds. The average molecular weight is 366 g/mol. The molecular formula is C20H32ClN3O. The molecule has 4 nitrogen and oxygen atoms in total. The van der Waals surface area contributed by atoms with Crippen LogP contribution in [0.4, 0.5) is 0 Å². The van der Waals surface area contributed by atoms with Gasteiger partial charge in [-0.05, 0) is 58.6 Å². The van der Waals surface area contributed by atoms with Gasteiger partial charge in [-0.1, -0.05) is 19.3 Å². The Bertz CT molecular complexity index is 607. The summed E-state index contributed by atoms with van der Waals surface area (Å²) in [6.45, 7) is 6.35. The molecule has 4 rings (SSSR count). The van der Waals surface area contributed by atoms with Crippen LogP contribution in [0.25, 0.3) is 0 Å².